The van der Waals surface area contributed by atoms with E-state index in [-0.39, 0.29) is 18.0 Å². The average molecular weight is 327 g/mol. The summed E-state index contributed by atoms with van der Waals surface area (Å²) in [6, 6.07) is 4.60. The highest BCUT2D eigenvalue weighted by Gasteiger charge is 2.20. The van der Waals surface area contributed by atoms with Gasteiger partial charge in [0.1, 0.15) is 24.3 Å². The molecular formula is C17H26FNO4. The van der Waals surface area contributed by atoms with Crippen LogP contribution in [0.15, 0.2) is 18.2 Å². The van der Waals surface area contributed by atoms with E-state index < -0.39 is 11.9 Å². The second-order valence-electron chi connectivity index (χ2n) is 5.53. The van der Waals surface area contributed by atoms with Gasteiger partial charge in [-0.2, -0.15) is 0 Å². The zero-order chi connectivity index (χ0) is 17.2. The van der Waals surface area contributed by atoms with Crippen molar-refractivity contribution in [3.63, 3.8) is 0 Å². The second kappa shape index (κ2) is 10.2. The molecule has 0 aliphatic rings. The molecule has 6 heteroatoms. The summed E-state index contributed by atoms with van der Waals surface area (Å²) in [5, 5.41) is 0. The Morgan fingerprint density at radius 2 is 2.04 bits per heavy atom. The van der Waals surface area contributed by atoms with Crippen molar-refractivity contribution in [3.05, 3.63) is 29.6 Å². The lowest BCUT2D eigenvalue weighted by Gasteiger charge is -2.19. The van der Waals surface area contributed by atoms with E-state index in [1.54, 1.807) is 26.2 Å². The predicted octanol–water partition coefficient (Wildman–Crippen LogP) is 2.80. The highest BCUT2D eigenvalue weighted by molar-refractivity contribution is 5.69. The maximum absolute atomic E-state index is 14.1. The number of halogens is 1. The summed E-state index contributed by atoms with van der Waals surface area (Å²) in [7, 11) is 5.44. The molecule has 0 saturated heterocycles. The lowest BCUT2D eigenvalue weighted by Crippen LogP contribution is -2.20. The van der Waals surface area contributed by atoms with E-state index in [1.807, 2.05) is 19.0 Å². The standard InChI is InChI=1S/C17H26FNO4/c1-13(23-16(20)9-6-11-21-4)17-14(18)7-5-8-15(17)22-12-10-19(2)3/h5,7-8,13H,6,9-12H2,1-4H3. The van der Waals surface area contributed by atoms with Crippen LogP contribution in [0.4, 0.5) is 4.39 Å². The molecule has 1 aromatic rings. The van der Waals surface area contributed by atoms with Gasteiger partial charge >= 0.3 is 5.97 Å². The van der Waals surface area contributed by atoms with Gasteiger partial charge in [0.05, 0.1) is 5.56 Å². The zero-order valence-corrected chi connectivity index (χ0v) is 14.3. The van der Waals surface area contributed by atoms with Crippen LogP contribution in [0.3, 0.4) is 0 Å². The topological polar surface area (TPSA) is 48.0 Å². The summed E-state index contributed by atoms with van der Waals surface area (Å²) in [6.45, 7) is 3.27. The van der Waals surface area contributed by atoms with Gasteiger partial charge in [-0.1, -0.05) is 6.07 Å². The number of carbonyl (C=O) groups excluding carboxylic acids is 1. The van der Waals surface area contributed by atoms with E-state index in [1.165, 1.54) is 6.07 Å². The number of likely N-dealkylation sites (N-methyl/N-ethyl adjacent to an activating group) is 1. The van der Waals surface area contributed by atoms with Crippen molar-refractivity contribution in [3.8, 4) is 5.75 Å². The van der Waals surface area contributed by atoms with Crippen LogP contribution in [0.25, 0.3) is 0 Å². The van der Waals surface area contributed by atoms with Crippen LogP contribution in [0.5, 0.6) is 5.75 Å². The van der Waals surface area contributed by atoms with Gasteiger partial charge in [-0.3, -0.25) is 4.79 Å². The van der Waals surface area contributed by atoms with Crippen molar-refractivity contribution in [2.24, 2.45) is 0 Å². The Hall–Kier alpha value is -1.66. The highest BCUT2D eigenvalue weighted by Crippen LogP contribution is 2.30. The smallest absolute Gasteiger partial charge is 0.306 e. The van der Waals surface area contributed by atoms with E-state index in [9.17, 15) is 9.18 Å². The third-order valence-electron chi connectivity index (χ3n) is 3.25. The van der Waals surface area contributed by atoms with E-state index >= 15 is 0 Å². The Balaban J connectivity index is 2.70. The Morgan fingerprint density at radius 1 is 1.30 bits per heavy atom. The van der Waals surface area contributed by atoms with E-state index in [4.69, 9.17) is 14.2 Å². The summed E-state index contributed by atoms with van der Waals surface area (Å²) in [6.07, 6.45) is 0.107. The fourth-order valence-electron chi connectivity index (χ4n) is 2.05. The average Bonchev–Trinajstić information content (AvgIpc) is 2.47. The summed E-state index contributed by atoms with van der Waals surface area (Å²) < 4.78 is 30.0. The number of methoxy groups -OCH3 is 1. The van der Waals surface area contributed by atoms with Gasteiger partial charge in [0, 0.05) is 26.7 Å². The van der Waals surface area contributed by atoms with Crippen molar-refractivity contribution in [2.75, 3.05) is 41.0 Å². The highest BCUT2D eigenvalue weighted by atomic mass is 19.1. The lowest BCUT2D eigenvalue weighted by atomic mass is 10.1. The Labute approximate surface area is 137 Å². The molecule has 0 bridgehead atoms. The molecule has 0 heterocycles. The number of carbonyl (C=O) groups is 1. The molecule has 5 nitrogen and oxygen atoms in total. The molecule has 0 radical (unpaired) electrons. The summed E-state index contributed by atoms with van der Waals surface area (Å²) in [4.78, 5) is 13.8. The number of benzene rings is 1. The largest absolute Gasteiger partial charge is 0.492 e. The van der Waals surface area contributed by atoms with Crippen LogP contribution in [-0.2, 0) is 14.3 Å². The second-order valence-corrected chi connectivity index (χ2v) is 5.53. The Kier molecular flexibility index (Phi) is 8.58. The fraction of sp³-hybridized carbons (Fsp3) is 0.588. The number of hydrogen-bond acceptors (Lipinski definition) is 5. The minimum Gasteiger partial charge on any atom is -0.492 e. The van der Waals surface area contributed by atoms with Gasteiger partial charge in [-0.05, 0) is 39.6 Å². The van der Waals surface area contributed by atoms with Crippen LogP contribution in [0.1, 0.15) is 31.4 Å². The van der Waals surface area contributed by atoms with Crippen molar-refractivity contribution in [1.82, 2.24) is 4.90 Å². The third-order valence-corrected chi connectivity index (χ3v) is 3.25. The van der Waals surface area contributed by atoms with Crippen LogP contribution >= 0.6 is 0 Å². The molecule has 1 rings (SSSR count). The summed E-state index contributed by atoms with van der Waals surface area (Å²) in [5.41, 5.74) is 0.270. The molecule has 130 valence electrons. The first-order valence-electron chi connectivity index (χ1n) is 7.70. The normalized spacial score (nSPS) is 12.3. The van der Waals surface area contributed by atoms with Crippen molar-refractivity contribution >= 4 is 5.97 Å². The molecule has 0 aliphatic heterocycles. The number of nitrogens with zero attached hydrogens (tertiary/aromatic N) is 1. The molecule has 0 N–H and O–H groups in total. The van der Waals surface area contributed by atoms with Gasteiger partial charge < -0.3 is 19.1 Å². The van der Waals surface area contributed by atoms with Crippen LogP contribution in [0.2, 0.25) is 0 Å². The van der Waals surface area contributed by atoms with Gasteiger partial charge in [0.2, 0.25) is 0 Å². The third kappa shape index (κ3) is 6.97. The maximum atomic E-state index is 14.1. The van der Waals surface area contributed by atoms with E-state index in [2.05, 4.69) is 0 Å². The van der Waals surface area contributed by atoms with E-state index in [0.29, 0.717) is 31.9 Å². The molecule has 1 aromatic carbocycles. The maximum Gasteiger partial charge on any atom is 0.306 e. The predicted molar refractivity (Wildman–Crippen MR) is 86.1 cm³/mol. The lowest BCUT2D eigenvalue weighted by molar-refractivity contribution is -0.149. The first-order chi connectivity index (χ1) is 11.0. The number of esters is 1. The van der Waals surface area contributed by atoms with Crippen molar-refractivity contribution in [1.29, 1.82) is 0 Å². The minimum atomic E-state index is -0.708. The van der Waals surface area contributed by atoms with Gasteiger partial charge in [0.15, 0.2) is 0 Å². The van der Waals surface area contributed by atoms with Crippen molar-refractivity contribution < 1.29 is 23.4 Å². The summed E-state index contributed by atoms with van der Waals surface area (Å²) in [5.74, 6) is -0.411. The molecule has 1 unspecified atom stereocenters. The number of hydrogen-bond donors (Lipinski definition) is 0. The number of rotatable bonds is 10. The molecule has 23 heavy (non-hydrogen) atoms. The molecule has 0 saturated carbocycles. The Bertz CT molecular complexity index is 493. The Morgan fingerprint density at radius 3 is 2.70 bits per heavy atom. The van der Waals surface area contributed by atoms with Gasteiger partial charge in [0.25, 0.3) is 0 Å². The minimum absolute atomic E-state index is 0.240. The molecular weight excluding hydrogens is 301 g/mol. The monoisotopic (exact) mass is 327 g/mol. The van der Waals surface area contributed by atoms with Gasteiger partial charge in [-0.25, -0.2) is 4.39 Å². The SMILES string of the molecule is COCCCC(=O)OC(C)c1c(F)cccc1OCCN(C)C. The van der Waals surface area contributed by atoms with Crippen LogP contribution < -0.4 is 4.74 Å². The first kappa shape index (κ1) is 19.4. The quantitative estimate of drug-likeness (QED) is 0.488. The molecule has 1 atom stereocenters. The van der Waals surface area contributed by atoms with Crippen molar-refractivity contribution in [2.45, 2.75) is 25.9 Å². The molecule has 0 amide bonds. The zero-order valence-electron chi connectivity index (χ0n) is 14.3. The molecule has 0 aliphatic carbocycles. The molecule has 0 aromatic heterocycles. The van der Waals surface area contributed by atoms with Crippen LogP contribution in [-0.4, -0.2) is 51.8 Å². The molecule has 0 fully saturated rings. The van der Waals surface area contributed by atoms with E-state index in [0.717, 1.165) is 0 Å². The molecule has 0 spiro atoms. The number of ether oxygens (including phenoxy) is 3. The summed E-state index contributed by atoms with van der Waals surface area (Å²) >= 11 is 0. The first-order valence-corrected chi connectivity index (χ1v) is 7.70. The van der Waals surface area contributed by atoms with Gasteiger partial charge in [-0.15, -0.1) is 0 Å². The van der Waals surface area contributed by atoms with Crippen LogP contribution in [0, 0.1) is 5.82 Å². The fourth-order valence-corrected chi connectivity index (χ4v) is 2.05.